The largest absolute Gasteiger partial charge is 0.356 e. The summed E-state index contributed by atoms with van der Waals surface area (Å²) < 4.78 is 0. The number of likely N-dealkylation sites (tertiary alicyclic amines) is 1. The molecule has 1 fully saturated rings. The van der Waals surface area contributed by atoms with Crippen LogP contribution in [0.3, 0.4) is 0 Å². The fourth-order valence-corrected chi connectivity index (χ4v) is 2.74. The van der Waals surface area contributed by atoms with Crippen molar-refractivity contribution in [1.82, 2.24) is 15.5 Å². The highest BCUT2D eigenvalue weighted by atomic mass is 127. The highest BCUT2D eigenvalue weighted by molar-refractivity contribution is 14.0. The fraction of sp³-hybridized carbons (Fsp3) is 0.562. The van der Waals surface area contributed by atoms with Gasteiger partial charge in [0.15, 0.2) is 5.96 Å². The maximum atomic E-state index is 5.89. The predicted molar refractivity (Wildman–Crippen MR) is 105 cm³/mol. The molecule has 124 valence electrons. The van der Waals surface area contributed by atoms with Gasteiger partial charge in [-0.3, -0.25) is 4.99 Å². The molecule has 2 rings (SSSR count). The molecule has 0 spiro atoms. The Balaban J connectivity index is 0.00000242. The van der Waals surface area contributed by atoms with Crippen LogP contribution in [-0.4, -0.2) is 44.1 Å². The van der Waals surface area contributed by atoms with Crippen LogP contribution in [0.15, 0.2) is 29.3 Å². The van der Waals surface area contributed by atoms with Crippen LogP contribution >= 0.6 is 35.6 Å². The molecule has 0 saturated carbocycles. The molecule has 1 atom stereocenters. The third-order valence-corrected chi connectivity index (χ3v) is 4.22. The normalized spacial score (nSPS) is 18.9. The Bertz CT molecular complexity index is 464. The number of rotatable bonds is 5. The average molecular weight is 437 g/mol. The summed E-state index contributed by atoms with van der Waals surface area (Å²) in [5.74, 6) is 1.58. The van der Waals surface area contributed by atoms with Crippen molar-refractivity contribution < 1.29 is 0 Å². The number of halogens is 2. The number of aliphatic imine (C=N–C) groups is 1. The summed E-state index contributed by atoms with van der Waals surface area (Å²) >= 11 is 5.89. The number of hydrogen-bond donors (Lipinski definition) is 2. The van der Waals surface area contributed by atoms with Gasteiger partial charge in [0.05, 0.1) is 0 Å². The molecule has 0 bridgehead atoms. The van der Waals surface area contributed by atoms with E-state index >= 15 is 0 Å². The Labute approximate surface area is 155 Å². The lowest BCUT2D eigenvalue weighted by Gasteiger charge is -2.16. The molecule has 22 heavy (non-hydrogen) atoms. The second-order valence-electron chi connectivity index (χ2n) is 5.48. The molecule has 0 aromatic heterocycles. The zero-order chi connectivity index (χ0) is 15.1. The summed E-state index contributed by atoms with van der Waals surface area (Å²) in [6.07, 6.45) is 1.27. The van der Waals surface area contributed by atoms with E-state index in [9.17, 15) is 0 Å². The van der Waals surface area contributed by atoms with Crippen molar-refractivity contribution >= 4 is 41.5 Å². The molecule has 1 saturated heterocycles. The van der Waals surface area contributed by atoms with Crippen molar-refractivity contribution in [3.63, 3.8) is 0 Å². The molecule has 0 amide bonds. The highest BCUT2D eigenvalue weighted by Gasteiger charge is 2.20. The predicted octanol–water partition coefficient (Wildman–Crippen LogP) is 2.96. The van der Waals surface area contributed by atoms with Crippen molar-refractivity contribution in [1.29, 1.82) is 0 Å². The second-order valence-corrected chi connectivity index (χ2v) is 5.92. The summed E-state index contributed by atoms with van der Waals surface area (Å²) in [5, 5.41) is 7.53. The molecule has 0 aliphatic carbocycles. The van der Waals surface area contributed by atoms with Crippen LogP contribution in [0.2, 0.25) is 5.02 Å². The van der Waals surface area contributed by atoms with Gasteiger partial charge in [0.1, 0.15) is 0 Å². The smallest absolute Gasteiger partial charge is 0.191 e. The first kappa shape index (κ1) is 19.5. The monoisotopic (exact) mass is 436 g/mol. The Morgan fingerprint density at radius 1 is 1.32 bits per heavy atom. The van der Waals surface area contributed by atoms with Crippen molar-refractivity contribution in [2.24, 2.45) is 10.9 Å². The second kappa shape index (κ2) is 10.3. The highest BCUT2D eigenvalue weighted by Crippen LogP contribution is 2.14. The number of guanidine groups is 1. The number of nitrogens with one attached hydrogen (secondary N) is 2. The van der Waals surface area contributed by atoms with Gasteiger partial charge >= 0.3 is 0 Å². The summed E-state index contributed by atoms with van der Waals surface area (Å²) in [4.78, 5) is 6.77. The van der Waals surface area contributed by atoms with E-state index in [2.05, 4.69) is 27.4 Å². The van der Waals surface area contributed by atoms with E-state index < -0.39 is 0 Å². The average Bonchev–Trinajstić information content (AvgIpc) is 2.97. The standard InChI is InChI=1S/C16H25ClN4.HI/c1-3-21-9-8-14(12-21)11-20-16(18-2)19-10-13-4-6-15(17)7-5-13;/h4-7,14H,3,8-12H2,1-2H3,(H2,18,19,20);1H. The SMILES string of the molecule is CCN1CCC(CNC(=NC)NCc2ccc(Cl)cc2)C1.I. The van der Waals surface area contributed by atoms with Crippen LogP contribution < -0.4 is 10.6 Å². The van der Waals surface area contributed by atoms with Crippen molar-refractivity contribution in [2.75, 3.05) is 33.2 Å². The molecule has 0 radical (unpaired) electrons. The van der Waals surface area contributed by atoms with Crippen LogP contribution in [0.4, 0.5) is 0 Å². The zero-order valence-electron chi connectivity index (χ0n) is 13.3. The van der Waals surface area contributed by atoms with E-state index in [1.54, 1.807) is 0 Å². The van der Waals surface area contributed by atoms with Crippen LogP contribution in [-0.2, 0) is 6.54 Å². The minimum Gasteiger partial charge on any atom is -0.356 e. The zero-order valence-corrected chi connectivity index (χ0v) is 16.4. The number of benzene rings is 1. The minimum absolute atomic E-state index is 0. The maximum absolute atomic E-state index is 5.89. The molecule has 1 aliphatic rings. The Morgan fingerprint density at radius 2 is 2.05 bits per heavy atom. The summed E-state index contributed by atoms with van der Waals surface area (Å²) in [6.45, 7) is 7.53. The molecular formula is C16H26ClIN4. The van der Waals surface area contributed by atoms with Gasteiger partial charge < -0.3 is 15.5 Å². The summed E-state index contributed by atoms with van der Waals surface area (Å²) in [5.41, 5.74) is 1.19. The van der Waals surface area contributed by atoms with Crippen LogP contribution in [0.1, 0.15) is 18.9 Å². The van der Waals surface area contributed by atoms with E-state index in [0.717, 1.165) is 36.5 Å². The Kier molecular flexibility index (Phi) is 9.12. The lowest BCUT2D eigenvalue weighted by molar-refractivity contribution is 0.342. The third-order valence-electron chi connectivity index (χ3n) is 3.97. The van der Waals surface area contributed by atoms with E-state index in [0.29, 0.717) is 0 Å². The van der Waals surface area contributed by atoms with Gasteiger partial charge in [-0.05, 0) is 43.1 Å². The first-order chi connectivity index (χ1) is 10.2. The van der Waals surface area contributed by atoms with Crippen molar-refractivity contribution in [3.8, 4) is 0 Å². The lowest BCUT2D eigenvalue weighted by Crippen LogP contribution is -2.39. The molecular weight excluding hydrogens is 411 g/mol. The van der Waals surface area contributed by atoms with Gasteiger partial charge in [-0.1, -0.05) is 30.7 Å². The molecule has 1 aliphatic heterocycles. The number of nitrogens with zero attached hydrogens (tertiary/aromatic N) is 2. The topological polar surface area (TPSA) is 39.7 Å². The van der Waals surface area contributed by atoms with Gasteiger partial charge in [-0.15, -0.1) is 24.0 Å². The molecule has 1 aromatic rings. The minimum atomic E-state index is 0. The van der Waals surface area contributed by atoms with Gasteiger partial charge in [0.2, 0.25) is 0 Å². The summed E-state index contributed by atoms with van der Waals surface area (Å²) in [7, 11) is 1.81. The van der Waals surface area contributed by atoms with Gasteiger partial charge in [0, 0.05) is 31.7 Å². The lowest BCUT2D eigenvalue weighted by atomic mass is 10.1. The molecule has 1 heterocycles. The summed E-state index contributed by atoms with van der Waals surface area (Å²) in [6, 6.07) is 7.87. The van der Waals surface area contributed by atoms with Gasteiger partial charge in [0.25, 0.3) is 0 Å². The maximum Gasteiger partial charge on any atom is 0.191 e. The van der Waals surface area contributed by atoms with Crippen LogP contribution in [0.25, 0.3) is 0 Å². The fourth-order valence-electron chi connectivity index (χ4n) is 2.62. The molecule has 1 unspecified atom stereocenters. The van der Waals surface area contributed by atoms with Crippen molar-refractivity contribution in [3.05, 3.63) is 34.9 Å². The van der Waals surface area contributed by atoms with E-state index in [1.807, 2.05) is 31.3 Å². The first-order valence-electron chi connectivity index (χ1n) is 7.62. The van der Waals surface area contributed by atoms with E-state index in [-0.39, 0.29) is 24.0 Å². The molecule has 4 nitrogen and oxygen atoms in total. The molecule has 2 N–H and O–H groups in total. The van der Waals surface area contributed by atoms with Crippen LogP contribution in [0.5, 0.6) is 0 Å². The van der Waals surface area contributed by atoms with Crippen LogP contribution in [0, 0.1) is 5.92 Å². The van der Waals surface area contributed by atoms with Gasteiger partial charge in [-0.2, -0.15) is 0 Å². The van der Waals surface area contributed by atoms with Crippen molar-refractivity contribution in [2.45, 2.75) is 19.9 Å². The Morgan fingerprint density at radius 3 is 2.64 bits per heavy atom. The molecule has 1 aromatic carbocycles. The van der Waals surface area contributed by atoms with E-state index in [4.69, 9.17) is 11.6 Å². The van der Waals surface area contributed by atoms with Gasteiger partial charge in [-0.25, -0.2) is 0 Å². The first-order valence-corrected chi connectivity index (χ1v) is 8.00. The Hall–Kier alpha value is -0.530. The molecule has 6 heteroatoms. The third kappa shape index (κ3) is 6.30. The quantitative estimate of drug-likeness (QED) is 0.423. The van der Waals surface area contributed by atoms with E-state index in [1.165, 1.54) is 25.1 Å². The number of hydrogen-bond acceptors (Lipinski definition) is 2.